The Hall–Kier alpha value is -0.570. The summed E-state index contributed by atoms with van der Waals surface area (Å²) in [7, 11) is 0. The van der Waals surface area contributed by atoms with Crippen LogP contribution in [0.25, 0.3) is 0 Å². The second-order valence-corrected chi connectivity index (χ2v) is 5.06. The van der Waals surface area contributed by atoms with Crippen LogP contribution >= 0.6 is 0 Å². The molecular formula is C12H24N2O. The fourth-order valence-corrected chi connectivity index (χ4v) is 2.07. The molecule has 0 spiro atoms. The first-order valence-corrected chi connectivity index (χ1v) is 6.11. The van der Waals surface area contributed by atoms with E-state index in [1.807, 2.05) is 0 Å². The summed E-state index contributed by atoms with van der Waals surface area (Å²) in [4.78, 5) is 11.6. The van der Waals surface area contributed by atoms with Crippen LogP contribution in [0.3, 0.4) is 0 Å². The number of hydrogen-bond acceptors (Lipinski definition) is 2. The maximum Gasteiger partial charge on any atom is 0.221 e. The van der Waals surface area contributed by atoms with Crippen molar-refractivity contribution >= 4 is 5.91 Å². The van der Waals surface area contributed by atoms with Crippen LogP contribution in [-0.4, -0.2) is 18.0 Å². The van der Waals surface area contributed by atoms with E-state index in [0.29, 0.717) is 12.3 Å². The molecule has 1 saturated carbocycles. The van der Waals surface area contributed by atoms with Crippen molar-refractivity contribution in [3.63, 3.8) is 0 Å². The summed E-state index contributed by atoms with van der Waals surface area (Å²) in [6, 6.07) is 0. The van der Waals surface area contributed by atoms with E-state index in [1.165, 1.54) is 12.8 Å². The molecular weight excluding hydrogens is 188 g/mol. The minimum Gasteiger partial charge on any atom is -0.356 e. The van der Waals surface area contributed by atoms with Gasteiger partial charge in [-0.15, -0.1) is 0 Å². The molecule has 0 bridgehead atoms. The molecule has 0 heterocycles. The molecule has 0 saturated heterocycles. The van der Waals surface area contributed by atoms with E-state index in [4.69, 9.17) is 5.73 Å². The van der Waals surface area contributed by atoms with Crippen molar-refractivity contribution in [1.29, 1.82) is 0 Å². The third-order valence-electron chi connectivity index (χ3n) is 3.46. The van der Waals surface area contributed by atoms with E-state index >= 15 is 0 Å². The van der Waals surface area contributed by atoms with Gasteiger partial charge in [0.15, 0.2) is 0 Å². The molecule has 88 valence electrons. The van der Waals surface area contributed by atoms with Crippen molar-refractivity contribution in [2.75, 3.05) is 6.54 Å². The van der Waals surface area contributed by atoms with E-state index in [9.17, 15) is 4.79 Å². The van der Waals surface area contributed by atoms with Crippen LogP contribution < -0.4 is 11.1 Å². The first kappa shape index (κ1) is 12.5. The van der Waals surface area contributed by atoms with Gasteiger partial charge in [0.1, 0.15) is 0 Å². The van der Waals surface area contributed by atoms with Crippen molar-refractivity contribution in [2.24, 2.45) is 11.7 Å². The Kier molecular flexibility index (Phi) is 4.58. The molecule has 1 atom stereocenters. The highest BCUT2D eigenvalue weighted by Crippen LogP contribution is 2.29. The van der Waals surface area contributed by atoms with Gasteiger partial charge >= 0.3 is 0 Å². The smallest absolute Gasteiger partial charge is 0.221 e. The number of carbonyl (C=O) groups excluding carboxylic acids is 1. The fourth-order valence-electron chi connectivity index (χ4n) is 2.07. The lowest BCUT2D eigenvalue weighted by Crippen LogP contribution is -2.42. The Bertz CT molecular complexity index is 210. The molecule has 15 heavy (non-hydrogen) atoms. The second kappa shape index (κ2) is 5.50. The lowest BCUT2D eigenvalue weighted by atomic mass is 9.94. The molecule has 0 aliphatic heterocycles. The summed E-state index contributed by atoms with van der Waals surface area (Å²) in [5.74, 6) is 0.686. The Morgan fingerprint density at radius 1 is 1.47 bits per heavy atom. The van der Waals surface area contributed by atoms with Crippen LogP contribution in [0, 0.1) is 5.92 Å². The van der Waals surface area contributed by atoms with Crippen molar-refractivity contribution in [2.45, 2.75) is 57.9 Å². The van der Waals surface area contributed by atoms with Crippen LogP contribution in [0.5, 0.6) is 0 Å². The van der Waals surface area contributed by atoms with Crippen molar-refractivity contribution in [1.82, 2.24) is 5.32 Å². The van der Waals surface area contributed by atoms with E-state index in [2.05, 4.69) is 19.2 Å². The van der Waals surface area contributed by atoms with Crippen LogP contribution in [0.2, 0.25) is 0 Å². The molecule has 0 aromatic heterocycles. The average Bonchev–Trinajstić information content (AvgIpc) is 2.61. The van der Waals surface area contributed by atoms with Gasteiger partial charge in [-0.2, -0.15) is 0 Å². The Balaban J connectivity index is 2.23. The van der Waals surface area contributed by atoms with Gasteiger partial charge < -0.3 is 11.1 Å². The number of nitrogens with one attached hydrogen (secondary N) is 1. The number of rotatable bonds is 5. The minimum atomic E-state index is -0.209. The third kappa shape index (κ3) is 4.20. The summed E-state index contributed by atoms with van der Waals surface area (Å²) in [5.41, 5.74) is 5.93. The van der Waals surface area contributed by atoms with Gasteiger partial charge in [-0.1, -0.05) is 33.1 Å². The average molecular weight is 212 g/mol. The molecule has 0 radical (unpaired) electrons. The number of carbonyl (C=O) groups is 1. The van der Waals surface area contributed by atoms with Gasteiger partial charge in [0.2, 0.25) is 5.91 Å². The quantitative estimate of drug-likeness (QED) is 0.730. The highest BCUT2D eigenvalue weighted by atomic mass is 16.1. The van der Waals surface area contributed by atoms with Gasteiger partial charge in [0.05, 0.1) is 0 Å². The zero-order valence-electron chi connectivity index (χ0n) is 10.0. The van der Waals surface area contributed by atoms with Gasteiger partial charge in [0.25, 0.3) is 0 Å². The number of nitrogens with two attached hydrogens (primary N) is 1. The standard InChI is InChI=1S/C12H24N2O/c1-3-10(2)9-14-11(15)8-12(13)6-4-5-7-12/h10H,3-9,13H2,1-2H3,(H,14,15). The van der Waals surface area contributed by atoms with Crippen molar-refractivity contribution in [3.05, 3.63) is 0 Å². The zero-order chi connectivity index (χ0) is 11.3. The molecule has 3 nitrogen and oxygen atoms in total. The first-order valence-electron chi connectivity index (χ1n) is 6.11. The molecule has 0 aromatic carbocycles. The van der Waals surface area contributed by atoms with Crippen LogP contribution in [0.15, 0.2) is 0 Å². The van der Waals surface area contributed by atoms with Crippen LogP contribution in [-0.2, 0) is 4.79 Å². The summed E-state index contributed by atoms with van der Waals surface area (Å²) in [6.07, 6.45) is 5.97. The molecule has 1 rings (SSSR count). The van der Waals surface area contributed by atoms with E-state index < -0.39 is 0 Å². The normalized spacial score (nSPS) is 21.3. The fraction of sp³-hybridized carbons (Fsp3) is 0.917. The largest absolute Gasteiger partial charge is 0.356 e. The SMILES string of the molecule is CCC(C)CNC(=O)CC1(N)CCCC1. The molecule has 1 fully saturated rings. The summed E-state index contributed by atoms with van der Waals surface area (Å²) in [6.45, 7) is 5.07. The van der Waals surface area contributed by atoms with Gasteiger partial charge in [-0.25, -0.2) is 0 Å². The third-order valence-corrected chi connectivity index (χ3v) is 3.46. The molecule has 1 aliphatic rings. The first-order chi connectivity index (χ1) is 7.06. The van der Waals surface area contributed by atoms with Crippen molar-refractivity contribution < 1.29 is 4.79 Å². The maximum atomic E-state index is 11.6. The minimum absolute atomic E-state index is 0.125. The lowest BCUT2D eigenvalue weighted by Gasteiger charge is -2.23. The zero-order valence-corrected chi connectivity index (χ0v) is 10.0. The lowest BCUT2D eigenvalue weighted by molar-refractivity contribution is -0.122. The molecule has 1 unspecified atom stereocenters. The van der Waals surface area contributed by atoms with E-state index in [-0.39, 0.29) is 11.4 Å². The van der Waals surface area contributed by atoms with Gasteiger partial charge in [-0.3, -0.25) is 4.79 Å². The second-order valence-electron chi connectivity index (χ2n) is 5.06. The van der Waals surface area contributed by atoms with Gasteiger partial charge in [-0.05, 0) is 18.8 Å². The van der Waals surface area contributed by atoms with Crippen LogP contribution in [0.4, 0.5) is 0 Å². The Morgan fingerprint density at radius 2 is 2.07 bits per heavy atom. The topological polar surface area (TPSA) is 55.1 Å². The predicted molar refractivity (Wildman–Crippen MR) is 62.5 cm³/mol. The maximum absolute atomic E-state index is 11.6. The summed E-state index contributed by atoms with van der Waals surface area (Å²) in [5, 5.41) is 2.97. The monoisotopic (exact) mass is 212 g/mol. The molecule has 1 aliphatic carbocycles. The molecule has 3 N–H and O–H groups in total. The van der Waals surface area contributed by atoms with E-state index in [1.54, 1.807) is 0 Å². The molecule has 1 amide bonds. The summed E-state index contributed by atoms with van der Waals surface area (Å²) >= 11 is 0. The molecule has 0 aromatic rings. The van der Waals surface area contributed by atoms with Crippen LogP contribution in [0.1, 0.15) is 52.4 Å². The highest BCUT2D eigenvalue weighted by Gasteiger charge is 2.31. The molecule has 3 heteroatoms. The summed E-state index contributed by atoms with van der Waals surface area (Å²) < 4.78 is 0. The van der Waals surface area contributed by atoms with E-state index in [0.717, 1.165) is 25.8 Å². The number of hydrogen-bond donors (Lipinski definition) is 2. The van der Waals surface area contributed by atoms with Crippen molar-refractivity contribution in [3.8, 4) is 0 Å². The Morgan fingerprint density at radius 3 is 2.60 bits per heavy atom. The Labute approximate surface area is 92.8 Å². The highest BCUT2D eigenvalue weighted by molar-refractivity contribution is 5.77. The van der Waals surface area contributed by atoms with Gasteiger partial charge in [0, 0.05) is 18.5 Å². The number of amides is 1. The predicted octanol–water partition coefficient (Wildman–Crippen LogP) is 1.81.